The van der Waals surface area contributed by atoms with Crippen LogP contribution in [0.2, 0.25) is 30.1 Å². The molecular formula is C33H29Cl6N5O6. The Bertz CT molecular complexity index is 1990. The van der Waals surface area contributed by atoms with E-state index >= 15 is 0 Å². The van der Waals surface area contributed by atoms with E-state index in [1.165, 1.54) is 17.0 Å². The Morgan fingerprint density at radius 2 is 1.42 bits per heavy atom. The lowest BCUT2D eigenvalue weighted by Gasteiger charge is -2.41. The Labute approximate surface area is 316 Å². The average molecular weight is 804 g/mol. The van der Waals surface area contributed by atoms with Crippen molar-refractivity contribution in [3.8, 4) is 0 Å². The number of anilines is 1. The second kappa shape index (κ2) is 16.0. The van der Waals surface area contributed by atoms with Crippen LogP contribution in [0.1, 0.15) is 28.4 Å². The molecule has 6 rings (SSSR count). The fourth-order valence-electron chi connectivity index (χ4n) is 5.85. The number of ether oxygens (including phenoxy) is 4. The molecule has 3 heterocycles. The van der Waals surface area contributed by atoms with Crippen molar-refractivity contribution in [2.24, 2.45) is 0 Å². The van der Waals surface area contributed by atoms with Crippen molar-refractivity contribution in [1.29, 1.82) is 0 Å². The lowest BCUT2D eigenvalue weighted by Crippen LogP contribution is -2.58. The molecule has 1 fully saturated rings. The molecule has 0 saturated carbocycles. The maximum absolute atomic E-state index is 11.8. The van der Waals surface area contributed by atoms with Gasteiger partial charge in [-0.15, -0.1) is 0 Å². The van der Waals surface area contributed by atoms with Crippen LogP contribution in [0.25, 0.3) is 5.65 Å². The Kier molecular flexibility index (Phi) is 12.0. The van der Waals surface area contributed by atoms with Gasteiger partial charge in [0.15, 0.2) is 11.2 Å². The number of hydrogen-bond acceptors (Lipinski definition) is 10. The fourth-order valence-corrected chi connectivity index (χ4v) is 7.24. The normalized spacial score (nSPS) is 21.2. The molecule has 3 aromatic carbocycles. The van der Waals surface area contributed by atoms with E-state index in [2.05, 4.69) is 15.1 Å². The van der Waals surface area contributed by atoms with E-state index in [1.54, 1.807) is 54.6 Å². The van der Waals surface area contributed by atoms with Crippen molar-refractivity contribution < 1.29 is 29.2 Å². The van der Waals surface area contributed by atoms with Crippen LogP contribution in [0.5, 0.6) is 0 Å². The smallest absolute Gasteiger partial charge is 0.224 e. The topological polar surface area (TPSA) is 146 Å². The SMILES string of the molecule is Nc1ncnc2c(C3O[C@H](COCc4ccc(Cl)cc4Cl)[C@@H](OCc4ccc(Cl)cc4Cl)[C@]3(OCc3ccc(Cl)cc3Cl)C(O)CO)cnn12. The van der Waals surface area contributed by atoms with Crippen molar-refractivity contribution in [1.82, 2.24) is 19.6 Å². The van der Waals surface area contributed by atoms with Gasteiger partial charge in [0, 0.05) is 35.7 Å². The molecule has 17 heteroatoms. The van der Waals surface area contributed by atoms with E-state index in [0.29, 0.717) is 52.4 Å². The Morgan fingerprint density at radius 1 is 0.840 bits per heavy atom. The van der Waals surface area contributed by atoms with Crippen LogP contribution >= 0.6 is 69.6 Å². The van der Waals surface area contributed by atoms with Crippen molar-refractivity contribution in [3.63, 3.8) is 0 Å². The lowest BCUT2D eigenvalue weighted by molar-refractivity contribution is -0.215. The summed E-state index contributed by atoms with van der Waals surface area (Å²) in [5.74, 6) is 0.0614. The molecule has 50 heavy (non-hydrogen) atoms. The number of nitrogens with two attached hydrogens (primary N) is 1. The van der Waals surface area contributed by atoms with E-state index in [9.17, 15) is 10.2 Å². The highest BCUT2D eigenvalue weighted by molar-refractivity contribution is 6.36. The first-order valence-corrected chi connectivity index (χ1v) is 17.3. The zero-order valence-electron chi connectivity index (χ0n) is 25.9. The maximum atomic E-state index is 11.8. The highest BCUT2D eigenvalue weighted by atomic mass is 35.5. The van der Waals surface area contributed by atoms with E-state index < -0.39 is 36.6 Å². The molecular weight excluding hydrogens is 775 g/mol. The quantitative estimate of drug-likeness (QED) is 0.112. The van der Waals surface area contributed by atoms with Gasteiger partial charge in [0.05, 0.1) is 39.2 Å². The fraction of sp³-hybridized carbons (Fsp3) is 0.303. The zero-order chi connectivity index (χ0) is 35.6. The van der Waals surface area contributed by atoms with Crippen LogP contribution in [0.4, 0.5) is 5.95 Å². The number of benzene rings is 3. The number of nitrogens with zero attached hydrogens (tertiary/aromatic N) is 4. The first kappa shape index (κ1) is 37.3. The summed E-state index contributed by atoms with van der Waals surface area (Å²) >= 11 is 37.9. The van der Waals surface area contributed by atoms with Gasteiger partial charge in [0.2, 0.25) is 5.95 Å². The van der Waals surface area contributed by atoms with Gasteiger partial charge >= 0.3 is 0 Å². The van der Waals surface area contributed by atoms with Gasteiger partial charge in [-0.3, -0.25) is 0 Å². The van der Waals surface area contributed by atoms with Crippen LogP contribution in [0.15, 0.2) is 67.1 Å². The Morgan fingerprint density at radius 3 is 2.00 bits per heavy atom. The van der Waals surface area contributed by atoms with Gasteiger partial charge in [-0.25, -0.2) is 9.97 Å². The molecule has 2 unspecified atom stereocenters. The number of nitrogen functional groups attached to an aromatic ring is 1. The monoisotopic (exact) mass is 801 g/mol. The predicted molar refractivity (Wildman–Crippen MR) is 191 cm³/mol. The van der Waals surface area contributed by atoms with E-state index in [0.717, 1.165) is 0 Å². The van der Waals surface area contributed by atoms with Crippen molar-refractivity contribution in [2.45, 2.75) is 49.8 Å². The molecule has 4 N–H and O–H groups in total. The summed E-state index contributed by atoms with van der Waals surface area (Å²) in [4.78, 5) is 8.40. The van der Waals surface area contributed by atoms with Gasteiger partial charge in [-0.1, -0.05) is 87.8 Å². The molecule has 1 aliphatic rings. The third-order valence-electron chi connectivity index (χ3n) is 8.32. The standard InChI is InChI=1S/C33H29Cl6N5O6/c34-20-4-1-17(24(37)7-20)12-47-15-27-30(48-13-18-2-5-21(35)8-25(18)38)33(28(46)11-45,49-14-19-3-6-22(36)9-26(19)39)29(50-27)23-10-43-44-31(23)41-16-42-32(44)40/h1-10,16,27-30,45-46H,11-15H2,(H2,40,41,42)/t27-,28?,29?,30-,33+/m1/s1. The van der Waals surface area contributed by atoms with E-state index in [-0.39, 0.29) is 38.0 Å². The predicted octanol–water partition coefficient (Wildman–Crippen LogP) is 7.18. The van der Waals surface area contributed by atoms with Crippen molar-refractivity contribution >= 4 is 81.2 Å². The largest absolute Gasteiger partial charge is 0.394 e. The summed E-state index contributed by atoms with van der Waals surface area (Å²) in [6.45, 7) is -0.951. The second-order valence-electron chi connectivity index (χ2n) is 11.4. The number of halogens is 6. The van der Waals surface area contributed by atoms with E-state index in [4.69, 9.17) is 94.3 Å². The van der Waals surface area contributed by atoms with Crippen LogP contribution in [0, 0.1) is 0 Å². The van der Waals surface area contributed by atoms with Crippen LogP contribution in [-0.4, -0.2) is 66.9 Å². The molecule has 0 aliphatic carbocycles. The zero-order valence-corrected chi connectivity index (χ0v) is 30.4. The number of hydrogen-bond donors (Lipinski definition) is 3. The minimum Gasteiger partial charge on any atom is -0.394 e. The van der Waals surface area contributed by atoms with E-state index in [1.807, 2.05) is 0 Å². The molecule has 5 atom stereocenters. The summed E-state index contributed by atoms with van der Waals surface area (Å²) in [6.07, 6.45) is -2.06. The molecule has 5 aromatic rings. The second-order valence-corrected chi connectivity index (χ2v) is 13.9. The van der Waals surface area contributed by atoms with Crippen LogP contribution in [0.3, 0.4) is 0 Å². The summed E-state index contributed by atoms with van der Waals surface area (Å²) < 4.78 is 27.5. The molecule has 0 bridgehead atoms. The molecule has 11 nitrogen and oxygen atoms in total. The molecule has 0 radical (unpaired) electrons. The number of fused-ring (bicyclic) bond motifs is 1. The third kappa shape index (κ3) is 7.66. The van der Waals surface area contributed by atoms with Crippen molar-refractivity contribution in [2.75, 3.05) is 18.9 Å². The third-order valence-corrected chi connectivity index (χ3v) is 10.1. The molecule has 1 saturated heterocycles. The minimum atomic E-state index is -1.84. The molecule has 264 valence electrons. The van der Waals surface area contributed by atoms with Gasteiger partial charge in [0.25, 0.3) is 0 Å². The van der Waals surface area contributed by atoms with Gasteiger partial charge in [-0.05, 0) is 53.1 Å². The van der Waals surface area contributed by atoms with Crippen LogP contribution < -0.4 is 5.73 Å². The Hall–Kier alpha value is -2.49. The van der Waals surface area contributed by atoms with Gasteiger partial charge < -0.3 is 34.9 Å². The first-order chi connectivity index (χ1) is 24.0. The summed E-state index contributed by atoms with van der Waals surface area (Å²) in [5.41, 5.74) is 6.72. The van der Waals surface area contributed by atoms with Crippen molar-refractivity contribution in [3.05, 3.63) is 120 Å². The minimum absolute atomic E-state index is 0.0614. The Balaban J connectivity index is 1.44. The summed E-state index contributed by atoms with van der Waals surface area (Å²) in [6, 6.07) is 15.0. The number of rotatable bonds is 13. The summed E-state index contributed by atoms with van der Waals surface area (Å²) in [5, 5.41) is 29.3. The molecule has 0 amide bonds. The van der Waals surface area contributed by atoms with Gasteiger partial charge in [0.1, 0.15) is 30.7 Å². The molecule has 2 aromatic heterocycles. The average Bonchev–Trinajstić information content (AvgIpc) is 3.64. The maximum Gasteiger partial charge on any atom is 0.224 e. The lowest BCUT2D eigenvalue weighted by atomic mass is 9.82. The molecule has 0 spiro atoms. The summed E-state index contributed by atoms with van der Waals surface area (Å²) in [7, 11) is 0. The van der Waals surface area contributed by atoms with Gasteiger partial charge in [-0.2, -0.15) is 9.61 Å². The first-order valence-electron chi connectivity index (χ1n) is 15.0. The number of aliphatic hydroxyl groups is 2. The number of aromatic nitrogens is 4. The molecule has 1 aliphatic heterocycles. The highest BCUT2D eigenvalue weighted by Gasteiger charge is 2.63. The number of aliphatic hydroxyl groups excluding tert-OH is 2. The highest BCUT2D eigenvalue weighted by Crippen LogP contribution is 2.50. The van der Waals surface area contributed by atoms with Crippen LogP contribution in [-0.2, 0) is 38.8 Å².